The molecule has 0 bridgehead atoms. The van der Waals surface area contributed by atoms with E-state index >= 15 is 0 Å². The van der Waals surface area contributed by atoms with E-state index in [1.54, 1.807) is 31.2 Å². The van der Waals surface area contributed by atoms with Gasteiger partial charge in [-0.25, -0.2) is 22.6 Å². The smallest absolute Gasteiger partial charge is 0.281 e. The molecule has 1 amide bonds. The number of para-hydroxylation sites is 1. The van der Waals surface area contributed by atoms with Crippen molar-refractivity contribution in [3.05, 3.63) is 101 Å². The molecule has 32 heavy (non-hydrogen) atoms. The molecule has 0 aliphatic carbocycles. The van der Waals surface area contributed by atoms with Crippen LogP contribution in [0.1, 0.15) is 28.4 Å². The highest BCUT2D eigenvalue weighted by atomic mass is 32.2. The number of rotatable bonds is 4. The predicted molar refractivity (Wildman–Crippen MR) is 113 cm³/mol. The first-order valence-electron chi connectivity index (χ1n) is 9.40. The van der Waals surface area contributed by atoms with Gasteiger partial charge >= 0.3 is 0 Å². The number of carbonyl (C=O) groups excluding carboxylic acids is 1. The van der Waals surface area contributed by atoms with Crippen LogP contribution in [0.4, 0.5) is 17.6 Å². The molecule has 0 aromatic heterocycles. The molecule has 1 atom stereocenters. The van der Waals surface area contributed by atoms with Gasteiger partial charge in [-0.15, -0.1) is 0 Å². The number of hydrogen-bond donors (Lipinski definition) is 0. The van der Waals surface area contributed by atoms with Crippen LogP contribution in [0.25, 0.3) is 0 Å². The molecule has 0 fully saturated rings. The Morgan fingerprint density at radius 3 is 2.22 bits per heavy atom. The van der Waals surface area contributed by atoms with Gasteiger partial charge in [-0.2, -0.15) is 5.10 Å². The standard InChI is InChI=1S/C23H16F4N2O2S/c1-23(16-5-3-4-6-19(16)31-2)29(22(30)20-17(26)11-15(25)12-18(20)27)28-21(32-23)13-7-9-14(24)10-8-13/h3-12H,1-2H3. The van der Waals surface area contributed by atoms with Gasteiger partial charge in [0.1, 0.15) is 44.5 Å². The van der Waals surface area contributed by atoms with E-state index in [0.717, 1.165) is 16.8 Å². The van der Waals surface area contributed by atoms with Gasteiger partial charge < -0.3 is 4.74 Å². The Hall–Kier alpha value is -3.33. The van der Waals surface area contributed by atoms with Gasteiger partial charge in [0.15, 0.2) is 0 Å². The maximum Gasteiger partial charge on any atom is 0.281 e. The molecule has 3 aromatic rings. The fourth-order valence-electron chi connectivity index (χ4n) is 3.44. The zero-order valence-electron chi connectivity index (χ0n) is 16.9. The number of benzene rings is 3. The van der Waals surface area contributed by atoms with E-state index in [1.165, 1.54) is 31.4 Å². The Morgan fingerprint density at radius 2 is 1.59 bits per heavy atom. The molecule has 9 heteroatoms. The van der Waals surface area contributed by atoms with Gasteiger partial charge in [0.2, 0.25) is 0 Å². The zero-order valence-corrected chi connectivity index (χ0v) is 17.7. The van der Waals surface area contributed by atoms with Crippen LogP contribution in [-0.4, -0.2) is 23.1 Å². The molecular formula is C23H16F4N2O2S. The topological polar surface area (TPSA) is 41.9 Å². The summed E-state index contributed by atoms with van der Waals surface area (Å²) in [7, 11) is 1.45. The molecule has 0 radical (unpaired) electrons. The molecular weight excluding hydrogens is 444 g/mol. The van der Waals surface area contributed by atoms with Crippen molar-refractivity contribution in [2.45, 2.75) is 11.8 Å². The molecule has 4 nitrogen and oxygen atoms in total. The van der Waals surface area contributed by atoms with Crippen molar-refractivity contribution in [1.82, 2.24) is 5.01 Å². The summed E-state index contributed by atoms with van der Waals surface area (Å²) in [6.45, 7) is 1.65. The fraction of sp³-hybridized carbons (Fsp3) is 0.130. The molecule has 1 aliphatic rings. The normalized spacial score (nSPS) is 17.9. The summed E-state index contributed by atoms with van der Waals surface area (Å²) in [5.74, 6) is -4.95. The maximum atomic E-state index is 14.4. The molecule has 0 spiro atoms. The summed E-state index contributed by atoms with van der Waals surface area (Å²) in [6, 6.07) is 13.2. The molecule has 0 N–H and O–H groups in total. The van der Waals surface area contributed by atoms with Crippen molar-refractivity contribution in [3.8, 4) is 5.75 Å². The number of hydrazone groups is 1. The number of halogens is 4. The average molecular weight is 460 g/mol. The van der Waals surface area contributed by atoms with E-state index in [4.69, 9.17) is 4.74 Å². The van der Waals surface area contributed by atoms with E-state index in [9.17, 15) is 22.4 Å². The Kier molecular flexibility index (Phi) is 5.68. The third kappa shape index (κ3) is 3.73. The van der Waals surface area contributed by atoms with Crippen molar-refractivity contribution in [3.63, 3.8) is 0 Å². The monoisotopic (exact) mass is 460 g/mol. The molecule has 4 rings (SSSR count). The fourth-order valence-corrected chi connectivity index (χ4v) is 4.68. The van der Waals surface area contributed by atoms with E-state index < -0.39 is 39.6 Å². The van der Waals surface area contributed by atoms with Crippen molar-refractivity contribution < 1.29 is 27.1 Å². The van der Waals surface area contributed by atoms with Crippen LogP contribution in [0.5, 0.6) is 5.75 Å². The summed E-state index contributed by atoms with van der Waals surface area (Å²) in [6.07, 6.45) is 0. The van der Waals surface area contributed by atoms with Crippen LogP contribution in [0.2, 0.25) is 0 Å². The van der Waals surface area contributed by atoms with Gasteiger partial charge in [-0.3, -0.25) is 4.79 Å². The predicted octanol–water partition coefficient (Wildman–Crippen LogP) is 5.68. The van der Waals surface area contributed by atoms with Crippen LogP contribution in [0.3, 0.4) is 0 Å². The molecule has 1 unspecified atom stereocenters. The summed E-state index contributed by atoms with van der Waals surface area (Å²) < 4.78 is 61.1. The average Bonchev–Trinajstić information content (AvgIpc) is 3.12. The summed E-state index contributed by atoms with van der Waals surface area (Å²) in [4.78, 5) is 12.0. The van der Waals surface area contributed by atoms with E-state index in [0.29, 0.717) is 34.1 Å². The SMILES string of the molecule is COc1ccccc1C1(C)SC(c2ccc(F)cc2)=NN1C(=O)c1c(F)cc(F)cc1F. The lowest BCUT2D eigenvalue weighted by Crippen LogP contribution is -2.40. The third-order valence-electron chi connectivity index (χ3n) is 5.00. The van der Waals surface area contributed by atoms with Crippen LogP contribution in [0.15, 0.2) is 65.8 Å². The molecule has 164 valence electrons. The number of hydrogen-bond acceptors (Lipinski definition) is 4. The van der Waals surface area contributed by atoms with Crippen LogP contribution in [-0.2, 0) is 4.87 Å². The first-order valence-corrected chi connectivity index (χ1v) is 10.2. The minimum Gasteiger partial charge on any atom is -0.496 e. The first-order chi connectivity index (χ1) is 15.2. The van der Waals surface area contributed by atoms with Gasteiger partial charge in [0.05, 0.1) is 7.11 Å². The van der Waals surface area contributed by atoms with Crippen LogP contribution in [0, 0.1) is 23.3 Å². The summed E-state index contributed by atoms with van der Waals surface area (Å²) in [5, 5.41) is 5.60. The first kappa shape index (κ1) is 21.9. The van der Waals surface area contributed by atoms with Crippen molar-refractivity contribution in [2.75, 3.05) is 7.11 Å². The third-order valence-corrected chi connectivity index (χ3v) is 6.30. The minimum absolute atomic E-state index is 0.328. The van der Waals surface area contributed by atoms with Gasteiger partial charge in [-0.05, 0) is 37.3 Å². The lowest BCUT2D eigenvalue weighted by atomic mass is 10.0. The van der Waals surface area contributed by atoms with E-state index in [2.05, 4.69) is 5.10 Å². The number of methoxy groups -OCH3 is 1. The minimum atomic E-state index is -1.34. The van der Waals surface area contributed by atoms with Crippen molar-refractivity contribution >= 4 is 22.7 Å². The van der Waals surface area contributed by atoms with Gasteiger partial charge in [0, 0.05) is 23.3 Å². The zero-order chi connectivity index (χ0) is 23.0. The van der Waals surface area contributed by atoms with Gasteiger partial charge in [0.25, 0.3) is 5.91 Å². The summed E-state index contributed by atoms with van der Waals surface area (Å²) >= 11 is 1.13. The highest BCUT2D eigenvalue weighted by Gasteiger charge is 2.47. The Bertz CT molecular complexity index is 1210. The second kappa shape index (κ2) is 8.31. The quantitative estimate of drug-likeness (QED) is 0.471. The van der Waals surface area contributed by atoms with Crippen LogP contribution >= 0.6 is 11.8 Å². The van der Waals surface area contributed by atoms with Crippen molar-refractivity contribution in [1.29, 1.82) is 0 Å². The van der Waals surface area contributed by atoms with E-state index in [1.807, 2.05) is 0 Å². The number of carbonyl (C=O) groups is 1. The number of ether oxygens (including phenoxy) is 1. The largest absolute Gasteiger partial charge is 0.496 e. The molecule has 0 saturated heterocycles. The Balaban J connectivity index is 1.88. The Labute approximate surface area is 185 Å². The summed E-state index contributed by atoms with van der Waals surface area (Å²) in [5.41, 5.74) is 0.0924. The maximum absolute atomic E-state index is 14.4. The molecule has 1 aliphatic heterocycles. The number of nitrogens with zero attached hydrogens (tertiary/aromatic N) is 2. The number of amides is 1. The second-order valence-electron chi connectivity index (χ2n) is 7.06. The highest BCUT2D eigenvalue weighted by molar-refractivity contribution is 8.15. The van der Waals surface area contributed by atoms with Gasteiger partial charge in [-0.1, -0.05) is 30.0 Å². The Morgan fingerprint density at radius 1 is 0.969 bits per heavy atom. The molecule has 0 saturated carbocycles. The van der Waals surface area contributed by atoms with E-state index in [-0.39, 0.29) is 0 Å². The van der Waals surface area contributed by atoms with Crippen molar-refractivity contribution in [2.24, 2.45) is 5.10 Å². The highest BCUT2D eigenvalue weighted by Crippen LogP contribution is 2.50. The number of thioether (sulfide) groups is 1. The van der Waals surface area contributed by atoms with Crippen LogP contribution < -0.4 is 4.74 Å². The second-order valence-corrected chi connectivity index (χ2v) is 8.44. The molecule has 3 aromatic carbocycles. The molecule has 1 heterocycles. The lowest BCUT2D eigenvalue weighted by molar-refractivity contribution is 0.0658. The lowest BCUT2D eigenvalue weighted by Gasteiger charge is -2.33.